The summed E-state index contributed by atoms with van der Waals surface area (Å²) in [6.45, 7) is 2.13. The number of carbonyl (C=O) groups excluding carboxylic acids is 2. The molecule has 0 spiro atoms. The van der Waals surface area contributed by atoms with Crippen LogP contribution in [0.2, 0.25) is 0 Å². The number of rotatable bonds is 8. The normalized spacial score (nSPS) is 10.4. The molecule has 0 saturated heterocycles. The monoisotopic (exact) mass is 500 g/mol. The van der Waals surface area contributed by atoms with E-state index >= 15 is 0 Å². The molecule has 0 aromatic heterocycles. The molecule has 0 aliphatic rings. The van der Waals surface area contributed by atoms with Gasteiger partial charge >= 0.3 is 11.9 Å². The maximum Gasteiger partial charge on any atom is 0.349 e. The summed E-state index contributed by atoms with van der Waals surface area (Å²) >= 11 is 6.79. The largest absolute Gasteiger partial charge is 0.480 e. The number of hydrogen-bond donors (Lipinski definition) is 0. The van der Waals surface area contributed by atoms with Gasteiger partial charge in [0.1, 0.15) is 18.1 Å². The smallest absolute Gasteiger partial charge is 0.349 e. The zero-order valence-electron chi connectivity index (χ0n) is 14.8. The highest BCUT2D eigenvalue weighted by molar-refractivity contribution is 9.11. The molecule has 0 radical (unpaired) electrons. The predicted molar refractivity (Wildman–Crippen MR) is 106 cm³/mol. The van der Waals surface area contributed by atoms with Gasteiger partial charge in [0, 0.05) is 11.6 Å². The van der Waals surface area contributed by atoms with Crippen molar-refractivity contribution in [2.24, 2.45) is 0 Å². The van der Waals surface area contributed by atoms with Crippen molar-refractivity contribution in [1.29, 1.82) is 0 Å². The average molecular weight is 502 g/mol. The van der Waals surface area contributed by atoms with Crippen LogP contribution >= 0.6 is 31.9 Å². The first-order chi connectivity index (χ1) is 12.9. The molecule has 0 saturated carbocycles. The molecule has 0 aliphatic carbocycles. The van der Waals surface area contributed by atoms with Crippen LogP contribution in [0.25, 0.3) is 0 Å². The molecular formula is C19H18Br2O6. The third-order valence-electron chi connectivity index (χ3n) is 3.37. The van der Waals surface area contributed by atoms with E-state index in [1.807, 2.05) is 19.1 Å². The molecule has 0 aliphatic heterocycles. The number of hydrogen-bond acceptors (Lipinski definition) is 6. The first-order valence-corrected chi connectivity index (χ1v) is 9.54. The number of carbonyl (C=O) groups is 2. The molecular weight excluding hydrogens is 484 g/mol. The maximum atomic E-state index is 12.0. The molecule has 2 rings (SSSR count). The fraction of sp³-hybridized carbons (Fsp3) is 0.263. The Morgan fingerprint density at radius 3 is 2.37 bits per heavy atom. The number of esters is 2. The van der Waals surface area contributed by atoms with Crippen molar-refractivity contribution in [3.8, 4) is 11.5 Å². The van der Waals surface area contributed by atoms with Gasteiger partial charge in [-0.05, 0) is 64.8 Å². The molecule has 0 heterocycles. The molecule has 0 fully saturated rings. The fourth-order valence-electron chi connectivity index (χ4n) is 2.12. The van der Waals surface area contributed by atoms with Gasteiger partial charge in [0.05, 0.1) is 16.6 Å². The van der Waals surface area contributed by atoms with E-state index in [9.17, 15) is 9.59 Å². The second kappa shape index (κ2) is 10.4. The lowest BCUT2D eigenvalue weighted by atomic mass is 10.2. The Bertz CT molecular complexity index is 781. The van der Waals surface area contributed by atoms with Crippen molar-refractivity contribution in [3.63, 3.8) is 0 Å². The molecule has 144 valence electrons. The van der Waals surface area contributed by atoms with Crippen LogP contribution in [0.1, 0.15) is 15.9 Å². The summed E-state index contributed by atoms with van der Waals surface area (Å²) < 4.78 is 22.2. The van der Waals surface area contributed by atoms with Crippen LogP contribution in [0, 0.1) is 6.92 Å². The van der Waals surface area contributed by atoms with Gasteiger partial charge in [-0.1, -0.05) is 15.9 Å². The highest BCUT2D eigenvalue weighted by atomic mass is 79.9. The summed E-state index contributed by atoms with van der Waals surface area (Å²) in [5, 5.41) is 0. The highest BCUT2D eigenvalue weighted by Gasteiger charge is 2.12. The summed E-state index contributed by atoms with van der Waals surface area (Å²) in [6.07, 6.45) is 0. The van der Waals surface area contributed by atoms with E-state index in [-0.39, 0.29) is 13.2 Å². The molecule has 6 nitrogen and oxygen atoms in total. The third kappa shape index (κ3) is 6.64. The van der Waals surface area contributed by atoms with Gasteiger partial charge in [0.25, 0.3) is 0 Å². The fourth-order valence-corrected chi connectivity index (χ4v) is 3.68. The quantitative estimate of drug-likeness (QED) is 0.305. The average Bonchev–Trinajstić information content (AvgIpc) is 2.61. The highest BCUT2D eigenvalue weighted by Crippen LogP contribution is 2.32. The second-order valence-electron chi connectivity index (χ2n) is 5.45. The van der Waals surface area contributed by atoms with E-state index in [2.05, 4.69) is 31.9 Å². The maximum absolute atomic E-state index is 12.0. The molecule has 0 atom stereocenters. The van der Waals surface area contributed by atoms with Crippen LogP contribution in [0.15, 0.2) is 45.3 Å². The van der Waals surface area contributed by atoms with Gasteiger partial charge in [0.15, 0.2) is 6.61 Å². The molecule has 0 N–H and O–H groups in total. The second-order valence-corrected chi connectivity index (χ2v) is 7.22. The summed E-state index contributed by atoms with van der Waals surface area (Å²) in [5.74, 6) is -0.142. The minimum Gasteiger partial charge on any atom is -0.480 e. The van der Waals surface area contributed by atoms with Crippen molar-refractivity contribution < 1.29 is 28.5 Å². The summed E-state index contributed by atoms with van der Waals surface area (Å²) in [6, 6.07) is 9.80. The number of methoxy groups -OCH3 is 1. The van der Waals surface area contributed by atoms with Crippen LogP contribution in [0.4, 0.5) is 0 Å². The zero-order chi connectivity index (χ0) is 19.8. The van der Waals surface area contributed by atoms with Crippen molar-refractivity contribution >= 4 is 43.8 Å². The Labute approximate surface area is 174 Å². The van der Waals surface area contributed by atoms with E-state index in [0.717, 1.165) is 14.5 Å². The molecule has 2 aromatic carbocycles. The SMILES string of the molecule is COCCOC(=O)c1ccc(OC(=O)COc2c(C)cc(Br)cc2Br)cc1. The molecule has 2 aromatic rings. The van der Waals surface area contributed by atoms with Gasteiger partial charge in [-0.2, -0.15) is 0 Å². The summed E-state index contributed by atoms with van der Waals surface area (Å²) in [7, 11) is 1.53. The van der Waals surface area contributed by atoms with Crippen molar-refractivity contribution in [1.82, 2.24) is 0 Å². The molecule has 27 heavy (non-hydrogen) atoms. The van der Waals surface area contributed by atoms with E-state index in [4.69, 9.17) is 18.9 Å². The van der Waals surface area contributed by atoms with Crippen LogP contribution in [0.3, 0.4) is 0 Å². The minimum atomic E-state index is -0.556. The van der Waals surface area contributed by atoms with E-state index in [0.29, 0.717) is 23.7 Å². The van der Waals surface area contributed by atoms with Crippen LogP contribution in [-0.2, 0) is 14.3 Å². The first kappa shape index (κ1) is 21.4. The Balaban J connectivity index is 1.88. The molecule has 8 heteroatoms. The third-order valence-corrected chi connectivity index (χ3v) is 4.42. The van der Waals surface area contributed by atoms with Gasteiger partial charge < -0.3 is 18.9 Å². The summed E-state index contributed by atoms with van der Waals surface area (Å²) in [4.78, 5) is 23.8. The van der Waals surface area contributed by atoms with Crippen LogP contribution in [-0.4, -0.2) is 38.9 Å². The van der Waals surface area contributed by atoms with E-state index < -0.39 is 11.9 Å². The number of halogens is 2. The predicted octanol–water partition coefficient (Wildman–Crippen LogP) is 4.31. The van der Waals surface area contributed by atoms with Gasteiger partial charge in [0.2, 0.25) is 0 Å². The van der Waals surface area contributed by atoms with Gasteiger partial charge in [-0.25, -0.2) is 9.59 Å². The van der Waals surface area contributed by atoms with Gasteiger partial charge in [-0.3, -0.25) is 0 Å². The van der Waals surface area contributed by atoms with E-state index in [1.54, 1.807) is 0 Å². The van der Waals surface area contributed by atoms with E-state index in [1.165, 1.54) is 31.4 Å². The molecule has 0 unspecified atom stereocenters. The van der Waals surface area contributed by atoms with Crippen LogP contribution in [0.5, 0.6) is 11.5 Å². The lowest BCUT2D eigenvalue weighted by molar-refractivity contribution is -0.136. The van der Waals surface area contributed by atoms with Crippen molar-refractivity contribution in [2.45, 2.75) is 6.92 Å². The Morgan fingerprint density at radius 2 is 1.74 bits per heavy atom. The molecule has 0 bridgehead atoms. The standard InChI is InChI=1S/C19H18Br2O6/c1-12-9-14(20)10-16(21)18(12)26-11-17(22)27-15-5-3-13(4-6-15)19(23)25-8-7-24-2/h3-6,9-10H,7-8,11H2,1-2H3. The molecule has 0 amide bonds. The summed E-state index contributed by atoms with van der Waals surface area (Å²) in [5.41, 5.74) is 1.23. The first-order valence-electron chi connectivity index (χ1n) is 7.96. The number of ether oxygens (including phenoxy) is 4. The Kier molecular flexibility index (Phi) is 8.27. The minimum absolute atomic E-state index is 0.175. The van der Waals surface area contributed by atoms with Crippen molar-refractivity contribution in [3.05, 3.63) is 56.5 Å². The Hall–Kier alpha value is -1.90. The van der Waals surface area contributed by atoms with Gasteiger partial charge in [-0.15, -0.1) is 0 Å². The zero-order valence-corrected chi connectivity index (χ0v) is 18.0. The number of benzene rings is 2. The topological polar surface area (TPSA) is 71.1 Å². The Morgan fingerprint density at radius 1 is 1.04 bits per heavy atom. The number of aryl methyl sites for hydroxylation is 1. The lowest BCUT2D eigenvalue weighted by Gasteiger charge is -2.11. The van der Waals surface area contributed by atoms with Crippen LogP contribution < -0.4 is 9.47 Å². The van der Waals surface area contributed by atoms with Crippen molar-refractivity contribution in [2.75, 3.05) is 26.9 Å². The lowest BCUT2D eigenvalue weighted by Crippen LogP contribution is -2.18.